The molecule has 0 saturated heterocycles. The van der Waals surface area contributed by atoms with E-state index in [1.165, 1.54) is 19.3 Å². The summed E-state index contributed by atoms with van der Waals surface area (Å²) in [5, 5.41) is 3.04. The van der Waals surface area contributed by atoms with Crippen LogP contribution in [-0.4, -0.2) is 12.5 Å². The molecular formula is C11H21NO. The number of carbonyl (C=O) groups is 1. The van der Waals surface area contributed by atoms with Crippen LogP contribution in [-0.2, 0) is 4.79 Å². The van der Waals surface area contributed by atoms with E-state index in [0.717, 1.165) is 18.9 Å². The molecule has 1 aliphatic carbocycles. The molecule has 1 rings (SSSR count). The van der Waals surface area contributed by atoms with Crippen LogP contribution in [0.25, 0.3) is 0 Å². The quantitative estimate of drug-likeness (QED) is 0.712. The molecule has 1 fully saturated rings. The third-order valence-electron chi connectivity index (χ3n) is 3.27. The van der Waals surface area contributed by atoms with Gasteiger partial charge in [0.15, 0.2) is 0 Å². The molecule has 0 spiro atoms. The van der Waals surface area contributed by atoms with Crippen LogP contribution in [0.1, 0.15) is 46.5 Å². The second-order valence-electron chi connectivity index (χ2n) is 4.74. The van der Waals surface area contributed by atoms with Gasteiger partial charge in [0, 0.05) is 12.0 Å². The molecule has 0 aromatic carbocycles. The predicted molar refractivity (Wildman–Crippen MR) is 54.4 cm³/mol. The second-order valence-corrected chi connectivity index (χ2v) is 4.74. The second kappa shape index (κ2) is 4.12. The zero-order valence-electron chi connectivity index (χ0n) is 9.02. The first-order chi connectivity index (χ1) is 6.06. The zero-order chi connectivity index (χ0) is 9.90. The SMILES string of the molecule is CCC(C)(C)C(=O)NCC1CCC1. The van der Waals surface area contributed by atoms with Gasteiger partial charge in [0.25, 0.3) is 0 Å². The van der Waals surface area contributed by atoms with Crippen molar-refractivity contribution in [1.29, 1.82) is 0 Å². The maximum atomic E-state index is 11.6. The van der Waals surface area contributed by atoms with Gasteiger partial charge in [0.1, 0.15) is 0 Å². The van der Waals surface area contributed by atoms with E-state index in [4.69, 9.17) is 0 Å². The summed E-state index contributed by atoms with van der Waals surface area (Å²) < 4.78 is 0. The third-order valence-corrected chi connectivity index (χ3v) is 3.27. The minimum absolute atomic E-state index is 0.191. The highest BCUT2D eigenvalue weighted by Crippen LogP contribution is 2.26. The van der Waals surface area contributed by atoms with Crippen molar-refractivity contribution < 1.29 is 4.79 Å². The number of rotatable bonds is 4. The van der Waals surface area contributed by atoms with Crippen LogP contribution in [0.4, 0.5) is 0 Å². The summed E-state index contributed by atoms with van der Waals surface area (Å²) in [6.07, 6.45) is 4.85. The standard InChI is InChI=1S/C11H21NO/c1-4-11(2,3)10(13)12-8-9-6-5-7-9/h9H,4-8H2,1-3H3,(H,12,13). The molecule has 1 N–H and O–H groups in total. The smallest absolute Gasteiger partial charge is 0.225 e. The largest absolute Gasteiger partial charge is 0.355 e. The highest BCUT2D eigenvalue weighted by Gasteiger charge is 2.26. The molecule has 0 bridgehead atoms. The van der Waals surface area contributed by atoms with Gasteiger partial charge >= 0.3 is 0 Å². The number of carbonyl (C=O) groups excluding carboxylic acids is 1. The van der Waals surface area contributed by atoms with Crippen LogP contribution in [0.2, 0.25) is 0 Å². The molecule has 1 aliphatic rings. The summed E-state index contributed by atoms with van der Waals surface area (Å²) in [4.78, 5) is 11.6. The summed E-state index contributed by atoms with van der Waals surface area (Å²) in [5.74, 6) is 0.971. The molecule has 0 aromatic heterocycles. The van der Waals surface area contributed by atoms with Gasteiger partial charge in [-0.25, -0.2) is 0 Å². The lowest BCUT2D eigenvalue weighted by Crippen LogP contribution is -2.40. The van der Waals surface area contributed by atoms with E-state index in [1.54, 1.807) is 0 Å². The lowest BCUT2D eigenvalue weighted by molar-refractivity contribution is -0.129. The summed E-state index contributed by atoms with van der Waals surface area (Å²) in [6, 6.07) is 0. The van der Waals surface area contributed by atoms with Gasteiger partial charge in [-0.3, -0.25) is 4.79 Å². The van der Waals surface area contributed by atoms with Gasteiger partial charge in [-0.1, -0.05) is 27.2 Å². The Morgan fingerprint density at radius 3 is 2.46 bits per heavy atom. The minimum Gasteiger partial charge on any atom is -0.355 e. The average molecular weight is 183 g/mol. The molecule has 76 valence electrons. The summed E-state index contributed by atoms with van der Waals surface area (Å²) >= 11 is 0. The van der Waals surface area contributed by atoms with Crippen molar-refractivity contribution in [2.75, 3.05) is 6.54 Å². The van der Waals surface area contributed by atoms with Gasteiger partial charge in [-0.2, -0.15) is 0 Å². The maximum absolute atomic E-state index is 11.6. The Hall–Kier alpha value is -0.530. The van der Waals surface area contributed by atoms with Crippen LogP contribution in [0.15, 0.2) is 0 Å². The molecule has 0 radical (unpaired) electrons. The Morgan fingerprint density at radius 1 is 1.46 bits per heavy atom. The lowest BCUT2D eigenvalue weighted by Gasteiger charge is -2.28. The normalized spacial score (nSPS) is 18.1. The predicted octanol–water partition coefficient (Wildman–Crippen LogP) is 2.34. The molecule has 0 atom stereocenters. The molecular weight excluding hydrogens is 162 g/mol. The van der Waals surface area contributed by atoms with Crippen molar-refractivity contribution in [3.05, 3.63) is 0 Å². The van der Waals surface area contributed by atoms with E-state index in [0.29, 0.717) is 0 Å². The van der Waals surface area contributed by atoms with Crippen LogP contribution < -0.4 is 5.32 Å². The Bertz CT molecular complexity index is 183. The fourth-order valence-electron chi connectivity index (χ4n) is 1.33. The highest BCUT2D eigenvalue weighted by molar-refractivity contribution is 5.81. The van der Waals surface area contributed by atoms with Gasteiger partial charge in [0.05, 0.1) is 0 Å². The summed E-state index contributed by atoms with van der Waals surface area (Å²) in [6.45, 7) is 6.96. The number of hydrogen-bond acceptors (Lipinski definition) is 1. The molecule has 1 saturated carbocycles. The lowest BCUT2D eigenvalue weighted by atomic mass is 9.84. The molecule has 0 aromatic rings. The van der Waals surface area contributed by atoms with E-state index < -0.39 is 0 Å². The van der Waals surface area contributed by atoms with Crippen LogP contribution in [0.3, 0.4) is 0 Å². The minimum atomic E-state index is -0.191. The average Bonchev–Trinajstić information content (AvgIpc) is 2.01. The van der Waals surface area contributed by atoms with Crippen molar-refractivity contribution in [1.82, 2.24) is 5.32 Å². The molecule has 1 amide bonds. The van der Waals surface area contributed by atoms with Gasteiger partial charge < -0.3 is 5.32 Å². The molecule has 0 heterocycles. The summed E-state index contributed by atoms with van der Waals surface area (Å²) in [7, 11) is 0. The van der Waals surface area contributed by atoms with Crippen molar-refractivity contribution in [3.63, 3.8) is 0 Å². The Morgan fingerprint density at radius 2 is 2.08 bits per heavy atom. The fourth-order valence-corrected chi connectivity index (χ4v) is 1.33. The van der Waals surface area contributed by atoms with E-state index in [-0.39, 0.29) is 11.3 Å². The van der Waals surface area contributed by atoms with E-state index in [1.807, 2.05) is 13.8 Å². The van der Waals surface area contributed by atoms with Crippen molar-refractivity contribution >= 4 is 5.91 Å². The first-order valence-corrected chi connectivity index (χ1v) is 5.34. The van der Waals surface area contributed by atoms with E-state index in [9.17, 15) is 4.79 Å². The topological polar surface area (TPSA) is 29.1 Å². The van der Waals surface area contributed by atoms with Gasteiger partial charge in [-0.05, 0) is 25.2 Å². The number of amides is 1. The van der Waals surface area contributed by atoms with E-state index in [2.05, 4.69) is 12.2 Å². The van der Waals surface area contributed by atoms with E-state index >= 15 is 0 Å². The fraction of sp³-hybridized carbons (Fsp3) is 0.909. The zero-order valence-corrected chi connectivity index (χ0v) is 9.02. The Balaban J connectivity index is 2.23. The molecule has 2 heteroatoms. The van der Waals surface area contributed by atoms with Crippen molar-refractivity contribution in [2.45, 2.75) is 46.5 Å². The monoisotopic (exact) mass is 183 g/mol. The molecule has 0 aliphatic heterocycles. The first-order valence-electron chi connectivity index (χ1n) is 5.34. The first kappa shape index (κ1) is 10.6. The number of nitrogens with one attached hydrogen (secondary N) is 1. The van der Waals surface area contributed by atoms with Crippen LogP contribution in [0, 0.1) is 11.3 Å². The van der Waals surface area contributed by atoms with Crippen molar-refractivity contribution in [2.24, 2.45) is 11.3 Å². The molecule has 0 unspecified atom stereocenters. The van der Waals surface area contributed by atoms with Gasteiger partial charge in [0.2, 0.25) is 5.91 Å². The maximum Gasteiger partial charge on any atom is 0.225 e. The number of hydrogen-bond donors (Lipinski definition) is 1. The van der Waals surface area contributed by atoms with Crippen LogP contribution >= 0.6 is 0 Å². The third kappa shape index (κ3) is 2.71. The Labute approximate surface area is 81.1 Å². The highest BCUT2D eigenvalue weighted by atomic mass is 16.2. The van der Waals surface area contributed by atoms with Crippen LogP contribution in [0.5, 0.6) is 0 Å². The molecule has 13 heavy (non-hydrogen) atoms. The van der Waals surface area contributed by atoms with Gasteiger partial charge in [-0.15, -0.1) is 0 Å². The van der Waals surface area contributed by atoms with Crippen molar-refractivity contribution in [3.8, 4) is 0 Å². The molecule has 2 nitrogen and oxygen atoms in total. The summed E-state index contributed by atoms with van der Waals surface area (Å²) in [5.41, 5.74) is -0.191. The Kier molecular flexibility index (Phi) is 3.34.